The maximum Gasteiger partial charge on any atom is 0.230 e. The number of nitrogens with zero attached hydrogens (tertiary/aromatic N) is 1. The van der Waals surface area contributed by atoms with E-state index >= 15 is 0 Å². The average Bonchev–Trinajstić information content (AvgIpc) is 2.46. The molecule has 1 heterocycles. The third-order valence-corrected chi connectivity index (χ3v) is 3.71. The predicted octanol–water partition coefficient (Wildman–Crippen LogP) is 1.54. The van der Waals surface area contributed by atoms with Crippen LogP contribution in [0.15, 0.2) is 24.3 Å². The molecule has 0 aromatic heterocycles. The van der Waals surface area contributed by atoms with Crippen LogP contribution < -0.4 is 0 Å². The van der Waals surface area contributed by atoms with Crippen LogP contribution in [0, 0.1) is 5.82 Å². The monoisotopic (exact) mass is 281 g/mol. The fraction of sp³-hybridized carbons (Fsp3) is 0.533. The summed E-state index contributed by atoms with van der Waals surface area (Å²) >= 11 is 0. The zero-order valence-electron chi connectivity index (χ0n) is 11.8. The number of carbonyl (C=O) groups excluding carboxylic acids is 1. The normalized spacial score (nSPS) is 24.5. The minimum absolute atomic E-state index is 0.0405. The van der Waals surface area contributed by atoms with Crippen molar-refractivity contribution >= 4 is 5.91 Å². The molecule has 2 rings (SSSR count). The number of halogens is 1. The topological polar surface area (TPSA) is 49.8 Å². The molecule has 4 nitrogen and oxygen atoms in total. The smallest absolute Gasteiger partial charge is 0.230 e. The number of rotatable bonds is 3. The number of carbonyl (C=O) groups is 1. The van der Waals surface area contributed by atoms with Gasteiger partial charge in [-0.3, -0.25) is 4.79 Å². The van der Waals surface area contributed by atoms with Crippen molar-refractivity contribution in [2.75, 3.05) is 19.8 Å². The first kappa shape index (κ1) is 14.9. The van der Waals surface area contributed by atoms with Gasteiger partial charge in [0.05, 0.1) is 31.3 Å². The number of amides is 1. The summed E-state index contributed by atoms with van der Waals surface area (Å²) in [5.74, 6) is -0.819. The standard InChI is InChI=1S/C15H20FNO3/c1-10-9-20-14(8-18)7-17(10)15(19)11(2)12-4-3-5-13(16)6-12/h3-6,10-11,14,18H,7-9H2,1-2H3. The molecule has 1 amide bonds. The number of hydrogen-bond donors (Lipinski definition) is 1. The molecular formula is C15H20FNO3. The number of morpholine rings is 1. The van der Waals surface area contributed by atoms with Gasteiger partial charge in [-0.1, -0.05) is 12.1 Å². The van der Waals surface area contributed by atoms with Gasteiger partial charge in [-0.25, -0.2) is 4.39 Å². The van der Waals surface area contributed by atoms with E-state index in [0.717, 1.165) is 0 Å². The molecule has 1 N–H and O–H groups in total. The molecule has 1 aliphatic heterocycles. The molecule has 20 heavy (non-hydrogen) atoms. The highest BCUT2D eigenvalue weighted by atomic mass is 19.1. The molecule has 1 fully saturated rings. The fourth-order valence-corrected chi connectivity index (χ4v) is 2.40. The van der Waals surface area contributed by atoms with Gasteiger partial charge in [0.2, 0.25) is 5.91 Å². The Hall–Kier alpha value is -1.46. The number of aliphatic hydroxyl groups is 1. The van der Waals surface area contributed by atoms with Crippen LogP contribution in [0.3, 0.4) is 0 Å². The van der Waals surface area contributed by atoms with Crippen molar-refractivity contribution in [2.24, 2.45) is 0 Å². The van der Waals surface area contributed by atoms with Crippen LogP contribution in [0.1, 0.15) is 25.3 Å². The summed E-state index contributed by atoms with van der Waals surface area (Å²) in [4.78, 5) is 14.3. The van der Waals surface area contributed by atoms with Crippen LogP contribution in [-0.2, 0) is 9.53 Å². The van der Waals surface area contributed by atoms with E-state index in [9.17, 15) is 9.18 Å². The lowest BCUT2D eigenvalue weighted by atomic mass is 9.98. The van der Waals surface area contributed by atoms with Crippen molar-refractivity contribution in [1.29, 1.82) is 0 Å². The van der Waals surface area contributed by atoms with E-state index in [4.69, 9.17) is 9.84 Å². The number of hydrogen-bond acceptors (Lipinski definition) is 3. The van der Waals surface area contributed by atoms with Gasteiger partial charge in [-0.05, 0) is 31.5 Å². The van der Waals surface area contributed by atoms with Gasteiger partial charge in [0.15, 0.2) is 0 Å². The summed E-state index contributed by atoms with van der Waals surface area (Å²) in [7, 11) is 0. The van der Waals surface area contributed by atoms with Gasteiger partial charge in [0.1, 0.15) is 5.82 Å². The Bertz CT molecular complexity index is 480. The van der Waals surface area contributed by atoms with Gasteiger partial charge in [-0.2, -0.15) is 0 Å². The Kier molecular flexibility index (Phi) is 4.73. The van der Waals surface area contributed by atoms with Crippen LogP contribution in [-0.4, -0.2) is 47.8 Å². The maximum atomic E-state index is 13.2. The zero-order chi connectivity index (χ0) is 14.7. The zero-order valence-corrected chi connectivity index (χ0v) is 11.8. The second-order valence-electron chi connectivity index (χ2n) is 5.25. The van der Waals surface area contributed by atoms with E-state index in [1.54, 1.807) is 24.0 Å². The van der Waals surface area contributed by atoms with Crippen LogP contribution >= 0.6 is 0 Å². The van der Waals surface area contributed by atoms with Gasteiger partial charge in [0, 0.05) is 6.54 Å². The Labute approximate surface area is 118 Å². The highest BCUT2D eigenvalue weighted by Gasteiger charge is 2.32. The molecule has 0 aliphatic carbocycles. The molecule has 1 saturated heterocycles. The minimum Gasteiger partial charge on any atom is -0.394 e. The molecular weight excluding hydrogens is 261 g/mol. The lowest BCUT2D eigenvalue weighted by molar-refractivity contribution is -0.147. The third kappa shape index (κ3) is 3.16. The quantitative estimate of drug-likeness (QED) is 0.914. The predicted molar refractivity (Wildman–Crippen MR) is 72.8 cm³/mol. The van der Waals surface area contributed by atoms with E-state index < -0.39 is 5.92 Å². The summed E-state index contributed by atoms with van der Waals surface area (Å²) < 4.78 is 18.7. The van der Waals surface area contributed by atoms with E-state index in [0.29, 0.717) is 18.7 Å². The van der Waals surface area contributed by atoms with Crippen molar-refractivity contribution < 1.29 is 19.0 Å². The highest BCUT2D eigenvalue weighted by Crippen LogP contribution is 2.22. The Morgan fingerprint density at radius 2 is 2.35 bits per heavy atom. The first-order valence-corrected chi connectivity index (χ1v) is 6.81. The first-order chi connectivity index (χ1) is 9.52. The van der Waals surface area contributed by atoms with Crippen LogP contribution in [0.5, 0.6) is 0 Å². The first-order valence-electron chi connectivity index (χ1n) is 6.81. The SMILES string of the molecule is CC(C(=O)N1CC(CO)OCC1C)c1cccc(F)c1. The average molecular weight is 281 g/mol. The van der Waals surface area contributed by atoms with Crippen molar-refractivity contribution in [3.05, 3.63) is 35.6 Å². The van der Waals surface area contributed by atoms with Crippen molar-refractivity contribution in [3.8, 4) is 0 Å². The van der Waals surface area contributed by atoms with Gasteiger partial charge >= 0.3 is 0 Å². The minimum atomic E-state index is -0.411. The second kappa shape index (κ2) is 6.33. The largest absolute Gasteiger partial charge is 0.394 e. The Morgan fingerprint density at radius 1 is 1.60 bits per heavy atom. The maximum absolute atomic E-state index is 13.2. The van der Waals surface area contributed by atoms with E-state index in [1.165, 1.54) is 12.1 Å². The van der Waals surface area contributed by atoms with Gasteiger partial charge in [0.25, 0.3) is 0 Å². The molecule has 0 radical (unpaired) electrons. The Morgan fingerprint density at radius 3 is 3.00 bits per heavy atom. The molecule has 3 unspecified atom stereocenters. The summed E-state index contributed by atoms with van der Waals surface area (Å²) in [5, 5.41) is 9.16. The second-order valence-corrected chi connectivity index (χ2v) is 5.25. The summed E-state index contributed by atoms with van der Waals surface area (Å²) in [6, 6.07) is 6.06. The lowest BCUT2D eigenvalue weighted by Crippen LogP contribution is -2.53. The summed E-state index contributed by atoms with van der Waals surface area (Å²) in [5.41, 5.74) is 0.661. The van der Waals surface area contributed by atoms with E-state index in [2.05, 4.69) is 0 Å². The van der Waals surface area contributed by atoms with E-state index in [1.807, 2.05) is 6.92 Å². The number of benzene rings is 1. The molecule has 1 aromatic rings. The summed E-state index contributed by atoms with van der Waals surface area (Å²) in [6.45, 7) is 4.35. The van der Waals surface area contributed by atoms with Crippen molar-refractivity contribution in [2.45, 2.75) is 31.9 Å². The molecule has 0 spiro atoms. The number of ether oxygens (including phenoxy) is 1. The molecule has 0 bridgehead atoms. The molecule has 3 atom stereocenters. The summed E-state index contributed by atoms with van der Waals surface area (Å²) in [6.07, 6.45) is -0.338. The molecule has 1 aromatic carbocycles. The fourth-order valence-electron chi connectivity index (χ4n) is 2.40. The van der Waals surface area contributed by atoms with Gasteiger partial charge < -0.3 is 14.7 Å². The van der Waals surface area contributed by atoms with Crippen molar-refractivity contribution in [3.63, 3.8) is 0 Å². The molecule has 1 aliphatic rings. The molecule has 5 heteroatoms. The highest BCUT2D eigenvalue weighted by molar-refractivity contribution is 5.83. The third-order valence-electron chi connectivity index (χ3n) is 3.71. The molecule has 110 valence electrons. The Balaban J connectivity index is 2.13. The van der Waals surface area contributed by atoms with Crippen LogP contribution in [0.2, 0.25) is 0 Å². The van der Waals surface area contributed by atoms with Crippen LogP contribution in [0.4, 0.5) is 4.39 Å². The van der Waals surface area contributed by atoms with E-state index in [-0.39, 0.29) is 30.5 Å². The van der Waals surface area contributed by atoms with Gasteiger partial charge in [-0.15, -0.1) is 0 Å². The number of aliphatic hydroxyl groups excluding tert-OH is 1. The molecule has 0 saturated carbocycles. The van der Waals surface area contributed by atoms with Crippen molar-refractivity contribution in [1.82, 2.24) is 4.90 Å². The lowest BCUT2D eigenvalue weighted by Gasteiger charge is -2.38. The van der Waals surface area contributed by atoms with Crippen LogP contribution in [0.25, 0.3) is 0 Å².